The summed E-state index contributed by atoms with van der Waals surface area (Å²) < 4.78 is 12.4. The largest absolute Gasteiger partial charge is 0.444 e. The van der Waals surface area contributed by atoms with E-state index < -0.39 is 17.7 Å². The minimum absolute atomic E-state index is 0.0598. The Kier molecular flexibility index (Phi) is 5.90. The standard InChI is InChI=1S/C17H29N5O4/c1-16(2,3)19-13(23)9-21-11-18-14(20-21)12-10-25-8-7-22(12)15(24)26-17(4,5)6/h11-12H,7-10H2,1-6H3,(H,19,23). The summed E-state index contributed by atoms with van der Waals surface area (Å²) in [6.45, 7) is 12.4. The number of morpholine rings is 1. The molecule has 1 aliphatic heterocycles. The van der Waals surface area contributed by atoms with E-state index in [9.17, 15) is 9.59 Å². The van der Waals surface area contributed by atoms with Gasteiger partial charge in [0.25, 0.3) is 0 Å². The maximum Gasteiger partial charge on any atom is 0.411 e. The molecule has 2 heterocycles. The number of ether oxygens (including phenoxy) is 2. The van der Waals surface area contributed by atoms with Crippen LogP contribution < -0.4 is 5.32 Å². The zero-order chi connectivity index (χ0) is 19.5. The molecule has 1 unspecified atom stereocenters. The first-order valence-electron chi connectivity index (χ1n) is 8.72. The molecule has 1 N–H and O–H groups in total. The Bertz CT molecular complexity index is 644. The van der Waals surface area contributed by atoms with E-state index in [-0.39, 0.29) is 24.6 Å². The second-order valence-corrected chi connectivity index (χ2v) is 8.36. The number of rotatable bonds is 3. The van der Waals surface area contributed by atoms with E-state index in [1.165, 1.54) is 11.0 Å². The van der Waals surface area contributed by atoms with Crippen LogP contribution in [-0.4, -0.2) is 62.6 Å². The van der Waals surface area contributed by atoms with E-state index in [0.717, 1.165) is 0 Å². The van der Waals surface area contributed by atoms with Crippen molar-refractivity contribution in [2.75, 3.05) is 19.8 Å². The Labute approximate surface area is 154 Å². The molecule has 1 aliphatic rings. The first-order chi connectivity index (χ1) is 11.9. The first-order valence-corrected chi connectivity index (χ1v) is 8.72. The molecule has 0 aromatic carbocycles. The van der Waals surface area contributed by atoms with Gasteiger partial charge in [-0.1, -0.05) is 0 Å². The fourth-order valence-electron chi connectivity index (χ4n) is 2.50. The molecule has 9 heteroatoms. The van der Waals surface area contributed by atoms with Gasteiger partial charge in [0.1, 0.15) is 24.5 Å². The summed E-state index contributed by atoms with van der Waals surface area (Å²) in [5, 5.41) is 7.22. The molecule has 1 fully saturated rings. The number of nitrogens with zero attached hydrogens (tertiary/aromatic N) is 4. The molecule has 0 aliphatic carbocycles. The van der Waals surface area contributed by atoms with Gasteiger partial charge in [0.2, 0.25) is 5.91 Å². The predicted octanol–water partition coefficient (Wildman–Crippen LogP) is 1.50. The van der Waals surface area contributed by atoms with Crippen LogP contribution in [-0.2, 0) is 20.8 Å². The lowest BCUT2D eigenvalue weighted by atomic mass is 10.1. The van der Waals surface area contributed by atoms with Crippen LogP contribution >= 0.6 is 0 Å². The minimum Gasteiger partial charge on any atom is -0.444 e. The predicted molar refractivity (Wildman–Crippen MR) is 94.4 cm³/mol. The first kappa shape index (κ1) is 20.2. The van der Waals surface area contributed by atoms with Crippen LogP contribution in [0.5, 0.6) is 0 Å². The van der Waals surface area contributed by atoms with Gasteiger partial charge in [-0.3, -0.25) is 9.69 Å². The fourth-order valence-corrected chi connectivity index (χ4v) is 2.50. The van der Waals surface area contributed by atoms with Crippen LogP contribution in [0.2, 0.25) is 0 Å². The highest BCUT2D eigenvalue weighted by atomic mass is 16.6. The molecular weight excluding hydrogens is 338 g/mol. The van der Waals surface area contributed by atoms with Crippen LogP contribution in [0.1, 0.15) is 53.4 Å². The van der Waals surface area contributed by atoms with E-state index >= 15 is 0 Å². The maximum absolute atomic E-state index is 12.5. The highest BCUT2D eigenvalue weighted by Gasteiger charge is 2.34. The molecule has 1 atom stereocenters. The number of amides is 2. The summed E-state index contributed by atoms with van der Waals surface area (Å²) in [7, 11) is 0. The Morgan fingerprint density at radius 1 is 1.31 bits per heavy atom. The molecule has 2 amide bonds. The lowest BCUT2D eigenvalue weighted by Gasteiger charge is -2.35. The average molecular weight is 367 g/mol. The molecule has 1 aromatic rings. The molecule has 0 bridgehead atoms. The minimum atomic E-state index is -0.586. The Balaban J connectivity index is 2.07. The van der Waals surface area contributed by atoms with Crippen molar-refractivity contribution in [1.82, 2.24) is 25.0 Å². The number of aromatic nitrogens is 3. The molecular formula is C17H29N5O4. The number of hydrogen-bond donors (Lipinski definition) is 1. The molecule has 1 saturated heterocycles. The van der Waals surface area contributed by atoms with Crippen molar-refractivity contribution >= 4 is 12.0 Å². The van der Waals surface area contributed by atoms with Crippen LogP contribution in [0.3, 0.4) is 0 Å². The van der Waals surface area contributed by atoms with Gasteiger partial charge < -0.3 is 14.8 Å². The van der Waals surface area contributed by atoms with Crippen molar-refractivity contribution in [2.24, 2.45) is 0 Å². The lowest BCUT2D eigenvalue weighted by Crippen LogP contribution is -2.46. The van der Waals surface area contributed by atoms with Gasteiger partial charge in [0.05, 0.1) is 13.2 Å². The van der Waals surface area contributed by atoms with E-state index in [0.29, 0.717) is 19.0 Å². The summed E-state index contributed by atoms with van der Waals surface area (Å²) in [6.07, 6.45) is 1.06. The zero-order valence-corrected chi connectivity index (χ0v) is 16.4. The number of hydrogen-bond acceptors (Lipinski definition) is 6. The van der Waals surface area contributed by atoms with Gasteiger partial charge in [-0.2, -0.15) is 5.10 Å². The highest BCUT2D eigenvalue weighted by molar-refractivity contribution is 5.76. The van der Waals surface area contributed by atoms with E-state index in [1.54, 1.807) is 4.90 Å². The van der Waals surface area contributed by atoms with Crippen molar-refractivity contribution < 1.29 is 19.1 Å². The van der Waals surface area contributed by atoms with Gasteiger partial charge in [-0.15, -0.1) is 0 Å². The van der Waals surface area contributed by atoms with Gasteiger partial charge >= 0.3 is 6.09 Å². The topological polar surface area (TPSA) is 98.6 Å². The highest BCUT2D eigenvalue weighted by Crippen LogP contribution is 2.23. The molecule has 1 aromatic heterocycles. The van der Waals surface area contributed by atoms with Gasteiger partial charge in [0.15, 0.2) is 5.82 Å². The van der Waals surface area contributed by atoms with Gasteiger partial charge in [-0.05, 0) is 41.5 Å². The van der Waals surface area contributed by atoms with Crippen LogP contribution in [0.4, 0.5) is 4.79 Å². The fraction of sp³-hybridized carbons (Fsp3) is 0.765. The molecule has 0 saturated carbocycles. The summed E-state index contributed by atoms with van der Waals surface area (Å²) >= 11 is 0. The number of nitrogens with one attached hydrogen (secondary N) is 1. The Hall–Kier alpha value is -2.16. The summed E-state index contributed by atoms with van der Waals surface area (Å²) in [5.74, 6) is 0.275. The molecule has 2 rings (SSSR count). The van der Waals surface area contributed by atoms with Crippen LogP contribution in [0, 0.1) is 0 Å². The molecule has 9 nitrogen and oxygen atoms in total. The third kappa shape index (κ3) is 5.98. The summed E-state index contributed by atoms with van der Waals surface area (Å²) in [4.78, 5) is 30.3. The smallest absolute Gasteiger partial charge is 0.411 e. The third-order valence-corrected chi connectivity index (χ3v) is 3.43. The van der Waals surface area contributed by atoms with Crippen molar-refractivity contribution in [3.05, 3.63) is 12.2 Å². The van der Waals surface area contributed by atoms with E-state index in [2.05, 4.69) is 15.4 Å². The number of carbonyl (C=O) groups is 2. The Morgan fingerprint density at radius 3 is 2.62 bits per heavy atom. The van der Waals surface area contributed by atoms with Crippen molar-refractivity contribution in [2.45, 2.75) is 65.3 Å². The molecule has 26 heavy (non-hydrogen) atoms. The van der Waals surface area contributed by atoms with E-state index in [1.807, 2.05) is 41.5 Å². The quantitative estimate of drug-likeness (QED) is 0.869. The normalized spacial score (nSPS) is 18.5. The molecule has 0 spiro atoms. The molecule has 146 valence electrons. The third-order valence-electron chi connectivity index (χ3n) is 3.43. The van der Waals surface area contributed by atoms with Gasteiger partial charge in [0, 0.05) is 12.1 Å². The van der Waals surface area contributed by atoms with Crippen molar-refractivity contribution in [3.63, 3.8) is 0 Å². The SMILES string of the molecule is CC(C)(C)NC(=O)Cn1cnc(C2COCCN2C(=O)OC(C)(C)C)n1. The average Bonchev–Trinajstić information content (AvgIpc) is 2.91. The second kappa shape index (κ2) is 7.61. The lowest BCUT2D eigenvalue weighted by molar-refractivity contribution is -0.123. The maximum atomic E-state index is 12.5. The van der Waals surface area contributed by atoms with Crippen LogP contribution in [0.25, 0.3) is 0 Å². The summed E-state index contributed by atoms with van der Waals surface area (Å²) in [5.41, 5.74) is -0.900. The van der Waals surface area contributed by atoms with Crippen molar-refractivity contribution in [3.8, 4) is 0 Å². The second-order valence-electron chi connectivity index (χ2n) is 8.36. The monoisotopic (exact) mass is 367 g/mol. The van der Waals surface area contributed by atoms with Gasteiger partial charge in [-0.25, -0.2) is 14.5 Å². The van der Waals surface area contributed by atoms with Crippen LogP contribution in [0.15, 0.2) is 6.33 Å². The van der Waals surface area contributed by atoms with E-state index in [4.69, 9.17) is 9.47 Å². The zero-order valence-electron chi connectivity index (χ0n) is 16.4. The van der Waals surface area contributed by atoms with Crippen molar-refractivity contribution in [1.29, 1.82) is 0 Å². The Morgan fingerprint density at radius 2 is 2.00 bits per heavy atom. The summed E-state index contributed by atoms with van der Waals surface area (Å²) in [6, 6.07) is -0.439. The molecule has 0 radical (unpaired) electrons. The number of carbonyl (C=O) groups excluding carboxylic acids is 2.